The number of phenols is 2. The molecule has 0 aromatic heterocycles. The summed E-state index contributed by atoms with van der Waals surface area (Å²) in [6.45, 7) is 17.7. The van der Waals surface area contributed by atoms with Crippen molar-refractivity contribution >= 4 is 12.4 Å². The van der Waals surface area contributed by atoms with Gasteiger partial charge in [0.05, 0.1) is 12.1 Å². The molecule has 1 aliphatic carbocycles. The van der Waals surface area contributed by atoms with Crippen LogP contribution in [0.4, 0.5) is 0 Å². The molecule has 4 nitrogen and oxygen atoms in total. The van der Waals surface area contributed by atoms with Gasteiger partial charge in [0.2, 0.25) is 0 Å². The van der Waals surface area contributed by atoms with Crippen LogP contribution in [0.3, 0.4) is 0 Å². The quantitative estimate of drug-likeness (QED) is 0.0950. The van der Waals surface area contributed by atoms with Crippen LogP contribution in [0.2, 0.25) is 0 Å². The van der Waals surface area contributed by atoms with Gasteiger partial charge in [0.1, 0.15) is 11.5 Å². The number of aromatic hydroxyl groups is 2. The van der Waals surface area contributed by atoms with E-state index in [-0.39, 0.29) is 58.6 Å². The van der Waals surface area contributed by atoms with Gasteiger partial charge < -0.3 is 17.6 Å². The van der Waals surface area contributed by atoms with Gasteiger partial charge in [-0.2, -0.15) is 0 Å². The third-order valence-corrected chi connectivity index (χ3v) is 13.6. The first-order valence-electron chi connectivity index (χ1n) is 21.7. The predicted molar refractivity (Wildman–Crippen MR) is 258 cm³/mol. The number of rotatable bonds is 12. The fraction of sp³-hybridized carbons (Fsp3) is 0.316. The summed E-state index contributed by atoms with van der Waals surface area (Å²) >= 11 is 0. The van der Waals surface area contributed by atoms with Gasteiger partial charge in [0.25, 0.3) is 0 Å². The normalized spacial score (nSPS) is 16.2. The topological polar surface area (TPSA) is 65.2 Å². The summed E-state index contributed by atoms with van der Waals surface area (Å²) in [6, 6.07) is 50.4. The summed E-state index contributed by atoms with van der Waals surface area (Å²) in [5, 5.41) is 24.2. The summed E-state index contributed by atoms with van der Waals surface area (Å²) in [5.41, 5.74) is 8.52. The van der Waals surface area contributed by atoms with Crippen molar-refractivity contribution in [3.05, 3.63) is 209 Å². The minimum Gasteiger partial charge on any atom is -0.507 e. The molecule has 62 heavy (non-hydrogen) atoms. The van der Waals surface area contributed by atoms with E-state index in [1.165, 1.54) is 11.1 Å². The van der Waals surface area contributed by atoms with Crippen molar-refractivity contribution in [3.63, 3.8) is 0 Å². The van der Waals surface area contributed by atoms with E-state index in [2.05, 4.69) is 189 Å². The van der Waals surface area contributed by atoms with Gasteiger partial charge in [0.15, 0.2) is 0 Å². The smallest absolute Gasteiger partial charge is 0.128 e. The molecular formula is C57H65CoN2O2-. The van der Waals surface area contributed by atoms with Crippen molar-refractivity contribution < 1.29 is 27.0 Å². The van der Waals surface area contributed by atoms with Crippen LogP contribution in [0.15, 0.2) is 156 Å². The minimum atomic E-state index is -0.464. The molecule has 0 heterocycles. The SMILES string of the molecule is CC(C)(c1ccccc1)c1cc(C=NC2CCCCC2N=Cc2cc(C(C)(C)c3ccccc3)cc(C(C)(C)c3ccccc3)c2O)c(O)c(C(C)(C)c2ccccc2)c1.[CH3-].[Co]. The monoisotopic (exact) mass is 868 g/mol. The zero-order chi connectivity index (χ0) is 42.7. The molecule has 6 aromatic rings. The number of benzene rings is 6. The van der Waals surface area contributed by atoms with Crippen LogP contribution < -0.4 is 0 Å². The van der Waals surface area contributed by atoms with Gasteiger partial charge in [-0.05, 0) is 58.4 Å². The number of phenolic OH excluding ortho intramolecular Hbond substituents is 2. The van der Waals surface area contributed by atoms with Gasteiger partial charge in [-0.3, -0.25) is 9.98 Å². The van der Waals surface area contributed by atoms with Crippen LogP contribution in [0.25, 0.3) is 0 Å². The first-order chi connectivity index (χ1) is 28.6. The molecule has 0 spiro atoms. The third-order valence-electron chi connectivity index (χ3n) is 13.6. The van der Waals surface area contributed by atoms with E-state index in [0.717, 1.165) is 59.1 Å². The van der Waals surface area contributed by atoms with Crippen LogP contribution in [0, 0.1) is 7.43 Å². The van der Waals surface area contributed by atoms with E-state index >= 15 is 0 Å². The molecule has 2 N–H and O–H groups in total. The standard InChI is InChI=1S/C56H62N2O2.CH3.Co/c1-53(2,41-23-13-9-14-24-41)45-33-39(51(59)47(35-45)55(5,6)43-27-17-11-18-28-43)37-57-49-31-21-22-32-50(49)58-38-40-34-46(54(3,4)42-25-15-10-16-26-42)36-48(52(40)60)56(7,8)44-29-19-12-20-30-44;;/h9-20,23-30,33-38,49-50,59-60H,21-22,31-32H2,1-8H3;1H3;/q;-1;. The molecule has 0 saturated heterocycles. The molecule has 2 atom stereocenters. The van der Waals surface area contributed by atoms with Crippen LogP contribution in [0.5, 0.6) is 11.5 Å². The summed E-state index contributed by atoms with van der Waals surface area (Å²) < 4.78 is 0. The Balaban J connectivity index is 0.00000363. The Bertz CT molecular complexity index is 2280. The van der Waals surface area contributed by atoms with Gasteiger partial charge >= 0.3 is 0 Å². The van der Waals surface area contributed by atoms with Gasteiger partial charge in [0, 0.05) is 73.1 Å². The summed E-state index contributed by atoms with van der Waals surface area (Å²) in [4.78, 5) is 10.5. The van der Waals surface area contributed by atoms with Crippen molar-refractivity contribution in [1.29, 1.82) is 0 Å². The molecular weight excluding hydrogens is 804 g/mol. The van der Waals surface area contributed by atoms with Crippen molar-refractivity contribution in [2.75, 3.05) is 0 Å². The van der Waals surface area contributed by atoms with Crippen LogP contribution in [-0.4, -0.2) is 34.7 Å². The maximum Gasteiger partial charge on any atom is 0.128 e. The van der Waals surface area contributed by atoms with Gasteiger partial charge in [-0.1, -0.05) is 202 Å². The molecule has 0 bridgehead atoms. The Morgan fingerprint density at radius 1 is 0.419 bits per heavy atom. The van der Waals surface area contributed by atoms with Crippen LogP contribution in [-0.2, 0) is 38.4 Å². The molecule has 325 valence electrons. The minimum absolute atomic E-state index is 0. The van der Waals surface area contributed by atoms with Crippen molar-refractivity contribution in [1.82, 2.24) is 0 Å². The van der Waals surface area contributed by atoms with Crippen molar-refractivity contribution in [2.45, 2.75) is 115 Å². The molecule has 0 amide bonds. The van der Waals surface area contributed by atoms with E-state index in [4.69, 9.17) is 9.98 Å². The molecule has 5 heteroatoms. The average Bonchev–Trinajstić information content (AvgIpc) is 3.27. The fourth-order valence-corrected chi connectivity index (χ4v) is 9.04. The molecule has 1 aliphatic rings. The second-order valence-corrected chi connectivity index (χ2v) is 18.9. The maximum atomic E-state index is 12.1. The largest absolute Gasteiger partial charge is 0.507 e. The van der Waals surface area contributed by atoms with Crippen molar-refractivity contribution in [2.24, 2.45) is 9.98 Å². The number of hydrogen-bond donors (Lipinski definition) is 2. The zero-order valence-electron chi connectivity index (χ0n) is 38.1. The maximum absolute atomic E-state index is 12.1. The second-order valence-electron chi connectivity index (χ2n) is 18.9. The number of aliphatic imine (C=N–C) groups is 2. The van der Waals surface area contributed by atoms with E-state index in [1.807, 2.05) is 24.6 Å². The molecule has 1 fully saturated rings. The Kier molecular flexibility index (Phi) is 15.0. The van der Waals surface area contributed by atoms with Gasteiger partial charge in [-0.15, -0.1) is 0 Å². The molecule has 2 unspecified atom stereocenters. The van der Waals surface area contributed by atoms with E-state index in [9.17, 15) is 10.2 Å². The first kappa shape index (κ1) is 47.8. The second kappa shape index (κ2) is 19.4. The molecule has 7 rings (SSSR count). The third kappa shape index (κ3) is 9.70. The fourth-order valence-electron chi connectivity index (χ4n) is 9.04. The van der Waals surface area contributed by atoms with E-state index in [0.29, 0.717) is 11.1 Å². The summed E-state index contributed by atoms with van der Waals surface area (Å²) in [6.07, 6.45) is 7.71. The van der Waals surface area contributed by atoms with Crippen molar-refractivity contribution in [3.8, 4) is 11.5 Å². The van der Waals surface area contributed by atoms with Crippen LogP contribution in [0.1, 0.15) is 137 Å². The molecule has 6 aromatic carbocycles. The van der Waals surface area contributed by atoms with Crippen LogP contribution >= 0.6 is 0 Å². The Morgan fingerprint density at radius 2 is 0.694 bits per heavy atom. The Morgan fingerprint density at radius 3 is 0.984 bits per heavy atom. The zero-order valence-corrected chi connectivity index (χ0v) is 39.2. The van der Waals surface area contributed by atoms with E-state index in [1.54, 1.807) is 0 Å². The number of hydrogen-bond acceptors (Lipinski definition) is 4. The van der Waals surface area contributed by atoms with Gasteiger partial charge in [-0.25, -0.2) is 0 Å². The first-order valence-corrected chi connectivity index (χ1v) is 21.7. The molecule has 1 radical (unpaired) electrons. The predicted octanol–water partition coefficient (Wildman–Crippen LogP) is 13.7. The Hall–Kier alpha value is -5.23. The molecule has 0 aliphatic heterocycles. The van der Waals surface area contributed by atoms with E-state index < -0.39 is 10.8 Å². The number of nitrogens with zero attached hydrogens (tertiary/aromatic N) is 2. The average molecular weight is 869 g/mol. The molecule has 1 saturated carbocycles. The summed E-state index contributed by atoms with van der Waals surface area (Å²) in [5.74, 6) is 0.514. The summed E-state index contributed by atoms with van der Waals surface area (Å²) in [7, 11) is 0. The Labute approximate surface area is 382 Å².